The number of aromatic carboxylic acids is 1. The monoisotopic (exact) mass is 335 g/mol. The Morgan fingerprint density at radius 1 is 1.04 bits per heavy atom. The van der Waals surface area contributed by atoms with Crippen molar-refractivity contribution in [2.45, 2.75) is 12.8 Å². The Morgan fingerprint density at radius 2 is 1.80 bits per heavy atom. The van der Waals surface area contributed by atoms with E-state index < -0.39 is 5.97 Å². The number of allylic oxidation sites excluding steroid dienone is 1. The molecule has 2 aromatic carbocycles. The predicted octanol–water partition coefficient (Wildman–Crippen LogP) is 3.41. The minimum Gasteiger partial charge on any atom is -0.478 e. The van der Waals surface area contributed by atoms with E-state index in [-0.39, 0.29) is 17.3 Å². The quantitative estimate of drug-likeness (QED) is 0.671. The first-order chi connectivity index (χ1) is 12.0. The third-order valence-corrected chi connectivity index (χ3v) is 4.10. The van der Waals surface area contributed by atoms with Gasteiger partial charge in [0.1, 0.15) is 0 Å². The first-order valence-electron chi connectivity index (χ1n) is 8.01. The molecule has 1 aliphatic rings. The van der Waals surface area contributed by atoms with Gasteiger partial charge in [-0.1, -0.05) is 30.3 Å². The summed E-state index contributed by atoms with van der Waals surface area (Å²) in [6, 6.07) is 13.3. The fraction of sp³-hybridized carbons (Fsp3) is 0.150. The van der Waals surface area contributed by atoms with Crippen molar-refractivity contribution in [3.8, 4) is 0 Å². The van der Waals surface area contributed by atoms with E-state index in [9.17, 15) is 14.4 Å². The van der Waals surface area contributed by atoms with Crippen LogP contribution in [0.15, 0.2) is 54.6 Å². The number of carbonyl (C=O) groups is 3. The molecule has 1 saturated heterocycles. The van der Waals surface area contributed by atoms with Gasteiger partial charge < -0.3 is 10.0 Å². The Morgan fingerprint density at radius 3 is 2.44 bits per heavy atom. The average molecular weight is 335 g/mol. The van der Waals surface area contributed by atoms with Crippen LogP contribution >= 0.6 is 0 Å². The van der Waals surface area contributed by atoms with Gasteiger partial charge >= 0.3 is 5.97 Å². The zero-order chi connectivity index (χ0) is 17.8. The summed E-state index contributed by atoms with van der Waals surface area (Å²) in [5.74, 6) is -1.07. The maximum atomic E-state index is 12.4. The number of hydrogen-bond donors (Lipinski definition) is 1. The molecule has 0 bridgehead atoms. The molecule has 1 N–H and O–H groups in total. The number of rotatable bonds is 5. The molecule has 3 rings (SSSR count). The summed E-state index contributed by atoms with van der Waals surface area (Å²) in [7, 11) is 0. The van der Waals surface area contributed by atoms with Crippen LogP contribution in [0.4, 0.5) is 5.69 Å². The van der Waals surface area contributed by atoms with Crippen LogP contribution in [0.3, 0.4) is 0 Å². The number of ketones is 1. The van der Waals surface area contributed by atoms with Crippen LogP contribution in [0.5, 0.6) is 0 Å². The summed E-state index contributed by atoms with van der Waals surface area (Å²) < 4.78 is 0. The highest BCUT2D eigenvalue weighted by atomic mass is 16.4. The fourth-order valence-electron chi connectivity index (χ4n) is 2.75. The molecule has 0 saturated carbocycles. The van der Waals surface area contributed by atoms with Crippen molar-refractivity contribution in [2.24, 2.45) is 0 Å². The van der Waals surface area contributed by atoms with E-state index in [0.29, 0.717) is 18.5 Å². The fourth-order valence-corrected chi connectivity index (χ4v) is 2.75. The lowest BCUT2D eigenvalue weighted by Gasteiger charge is -2.16. The topological polar surface area (TPSA) is 74.7 Å². The van der Waals surface area contributed by atoms with Crippen molar-refractivity contribution >= 4 is 29.4 Å². The molecule has 0 atom stereocenters. The van der Waals surface area contributed by atoms with Crippen LogP contribution in [-0.4, -0.2) is 29.3 Å². The van der Waals surface area contributed by atoms with E-state index in [1.54, 1.807) is 41.3 Å². The number of nitrogens with zero attached hydrogens (tertiary/aromatic N) is 1. The Bertz CT molecular complexity index is 852. The van der Waals surface area contributed by atoms with Gasteiger partial charge in [-0.3, -0.25) is 9.59 Å². The maximum absolute atomic E-state index is 12.4. The Hall–Kier alpha value is -3.21. The second-order valence-corrected chi connectivity index (χ2v) is 5.82. The summed E-state index contributed by atoms with van der Waals surface area (Å²) in [6.07, 6.45) is 4.47. The van der Waals surface area contributed by atoms with Gasteiger partial charge in [-0.05, 0) is 42.3 Å². The number of carboxylic acid groups (broad SMARTS) is 1. The van der Waals surface area contributed by atoms with Gasteiger partial charge in [-0.2, -0.15) is 0 Å². The van der Waals surface area contributed by atoms with Gasteiger partial charge in [0.15, 0.2) is 5.78 Å². The van der Waals surface area contributed by atoms with E-state index in [1.807, 2.05) is 6.07 Å². The number of anilines is 1. The van der Waals surface area contributed by atoms with Crippen molar-refractivity contribution in [3.63, 3.8) is 0 Å². The minimum absolute atomic E-state index is 0.0821. The number of amides is 1. The lowest BCUT2D eigenvalue weighted by atomic mass is 10.1. The molecule has 0 aliphatic carbocycles. The van der Waals surface area contributed by atoms with Crippen LogP contribution in [0, 0.1) is 0 Å². The maximum Gasteiger partial charge on any atom is 0.335 e. The Kier molecular flexibility index (Phi) is 4.75. The molecule has 1 aliphatic heterocycles. The molecule has 5 nitrogen and oxygen atoms in total. The van der Waals surface area contributed by atoms with Gasteiger partial charge in [0.05, 0.1) is 5.56 Å². The predicted molar refractivity (Wildman–Crippen MR) is 94.8 cm³/mol. The summed E-state index contributed by atoms with van der Waals surface area (Å²) in [5, 5.41) is 8.88. The molecule has 1 amide bonds. The third-order valence-electron chi connectivity index (χ3n) is 4.10. The molecule has 126 valence electrons. The molecule has 25 heavy (non-hydrogen) atoms. The zero-order valence-corrected chi connectivity index (χ0v) is 13.5. The van der Waals surface area contributed by atoms with Crippen molar-refractivity contribution < 1.29 is 19.5 Å². The molecule has 1 fully saturated rings. The Balaban J connectivity index is 1.74. The number of carboxylic acids is 1. The zero-order valence-electron chi connectivity index (χ0n) is 13.5. The Labute approximate surface area is 145 Å². The van der Waals surface area contributed by atoms with E-state index in [0.717, 1.165) is 17.7 Å². The average Bonchev–Trinajstić information content (AvgIpc) is 3.06. The van der Waals surface area contributed by atoms with Gasteiger partial charge in [0, 0.05) is 24.2 Å². The highest BCUT2D eigenvalue weighted by molar-refractivity contribution is 6.08. The molecule has 0 radical (unpaired) electrons. The standard InChI is InChI=1S/C20H17NO4/c22-18(11-8-14-6-9-15(10-7-14)20(24)25)16-3-1-4-17(13-16)21-12-2-5-19(21)23/h1,3-4,6-11,13H,2,5,12H2,(H,24,25)/b11-8+. The molecular weight excluding hydrogens is 318 g/mol. The molecule has 0 unspecified atom stereocenters. The highest BCUT2D eigenvalue weighted by Gasteiger charge is 2.22. The van der Waals surface area contributed by atoms with E-state index in [2.05, 4.69) is 0 Å². The van der Waals surface area contributed by atoms with Gasteiger partial charge in [0.2, 0.25) is 5.91 Å². The molecule has 2 aromatic rings. The largest absolute Gasteiger partial charge is 0.478 e. The van der Waals surface area contributed by atoms with Crippen molar-refractivity contribution in [1.29, 1.82) is 0 Å². The first-order valence-corrected chi connectivity index (χ1v) is 8.01. The van der Waals surface area contributed by atoms with Crippen LogP contribution in [0.1, 0.15) is 39.1 Å². The highest BCUT2D eigenvalue weighted by Crippen LogP contribution is 2.22. The second-order valence-electron chi connectivity index (χ2n) is 5.82. The van der Waals surface area contributed by atoms with Crippen molar-refractivity contribution in [1.82, 2.24) is 0 Å². The molecule has 0 spiro atoms. The minimum atomic E-state index is -0.986. The lowest BCUT2D eigenvalue weighted by molar-refractivity contribution is -0.117. The summed E-state index contributed by atoms with van der Waals surface area (Å²) >= 11 is 0. The molecule has 5 heteroatoms. The SMILES string of the molecule is O=C(O)c1ccc(/C=C/C(=O)c2cccc(N3CCCC3=O)c2)cc1. The number of carbonyl (C=O) groups excluding carboxylic acids is 2. The smallest absolute Gasteiger partial charge is 0.335 e. The molecule has 1 heterocycles. The van der Waals surface area contributed by atoms with Crippen LogP contribution in [0.2, 0.25) is 0 Å². The normalized spacial score (nSPS) is 14.2. The van der Waals surface area contributed by atoms with Gasteiger partial charge in [0.25, 0.3) is 0 Å². The summed E-state index contributed by atoms with van der Waals surface area (Å²) in [5.41, 5.74) is 2.19. The van der Waals surface area contributed by atoms with Gasteiger partial charge in [-0.15, -0.1) is 0 Å². The van der Waals surface area contributed by atoms with E-state index in [4.69, 9.17) is 5.11 Å². The summed E-state index contributed by atoms with van der Waals surface area (Å²) in [4.78, 5) is 36.7. The van der Waals surface area contributed by atoms with Gasteiger partial charge in [-0.25, -0.2) is 4.79 Å². The molecule has 0 aromatic heterocycles. The molecular formula is C20H17NO4. The summed E-state index contributed by atoms with van der Waals surface area (Å²) in [6.45, 7) is 0.683. The number of hydrogen-bond acceptors (Lipinski definition) is 3. The van der Waals surface area contributed by atoms with Crippen LogP contribution < -0.4 is 4.90 Å². The van der Waals surface area contributed by atoms with Crippen molar-refractivity contribution in [2.75, 3.05) is 11.4 Å². The van der Waals surface area contributed by atoms with Crippen LogP contribution in [0.25, 0.3) is 6.08 Å². The number of benzene rings is 2. The van der Waals surface area contributed by atoms with E-state index in [1.165, 1.54) is 18.2 Å². The van der Waals surface area contributed by atoms with Crippen LogP contribution in [-0.2, 0) is 4.79 Å². The van der Waals surface area contributed by atoms with Crippen molar-refractivity contribution in [3.05, 3.63) is 71.3 Å². The first kappa shape index (κ1) is 16.6. The third kappa shape index (κ3) is 3.83. The van der Waals surface area contributed by atoms with E-state index >= 15 is 0 Å². The second kappa shape index (κ2) is 7.13. The lowest BCUT2D eigenvalue weighted by Crippen LogP contribution is -2.23.